The summed E-state index contributed by atoms with van der Waals surface area (Å²) in [5, 5.41) is 0. The molecule has 0 unspecified atom stereocenters. The fourth-order valence-corrected chi connectivity index (χ4v) is 10.7. The number of hydrogen-bond acceptors (Lipinski definition) is 0. The zero-order chi connectivity index (χ0) is 16.6. The normalized spacial score (nSPS) is 12.0. The van der Waals surface area contributed by atoms with E-state index in [-0.39, 0.29) is 35.3 Å². The first-order valence-electron chi connectivity index (χ1n) is 8.48. The molecule has 0 bridgehead atoms. The van der Waals surface area contributed by atoms with Crippen LogP contribution in [0.2, 0.25) is 0 Å². The topological polar surface area (TPSA) is 0 Å². The predicted octanol–water partition coefficient (Wildman–Crippen LogP) is 7.38. The van der Waals surface area contributed by atoms with Crippen molar-refractivity contribution in [2.45, 2.75) is 117 Å². The molecule has 0 aliphatic heterocycles. The second-order valence-corrected chi connectivity index (χ2v) is 15.4. The monoisotopic (exact) mass is 422 g/mol. The summed E-state index contributed by atoms with van der Waals surface area (Å²) in [6.07, 6.45) is 0. The van der Waals surface area contributed by atoms with Crippen LogP contribution in [-0.4, -0.2) is 34.0 Å². The van der Waals surface area contributed by atoms with Crippen molar-refractivity contribution in [1.82, 2.24) is 0 Å². The Morgan fingerprint density at radius 2 is 0.429 bits per heavy atom. The van der Waals surface area contributed by atoms with Gasteiger partial charge in [-0.1, -0.05) is 98.9 Å². The van der Waals surface area contributed by atoms with Crippen molar-refractivity contribution in [3.63, 3.8) is 0 Å². The maximum Gasteiger partial charge on any atom is 2.00 e. The summed E-state index contributed by atoms with van der Waals surface area (Å²) in [5.41, 5.74) is 5.39. The van der Waals surface area contributed by atoms with Gasteiger partial charge in [0.25, 0.3) is 0 Å². The van der Waals surface area contributed by atoms with Gasteiger partial charge in [-0.25, -0.2) is 0 Å². The minimum absolute atomic E-state index is 0. The molecule has 0 nitrogen and oxygen atoms in total. The molecule has 0 N–H and O–H groups in total. The van der Waals surface area contributed by atoms with Gasteiger partial charge >= 0.3 is 19.5 Å². The van der Waals surface area contributed by atoms with Gasteiger partial charge in [-0.15, -0.1) is 0 Å². The summed E-state index contributed by atoms with van der Waals surface area (Å²) in [6, 6.07) is 0. The van der Waals surface area contributed by atoms with E-state index in [4.69, 9.17) is 0 Å². The molecule has 0 rings (SSSR count). The molecule has 0 aromatic rings. The van der Waals surface area contributed by atoms with Gasteiger partial charge in [-0.05, 0) is 34.0 Å². The maximum atomic E-state index is 2.35. The second kappa shape index (κ2) is 13.9. The van der Waals surface area contributed by atoms with Gasteiger partial charge in [0, 0.05) is 0 Å². The van der Waals surface area contributed by atoms with Crippen molar-refractivity contribution < 1.29 is 19.5 Å². The van der Waals surface area contributed by atoms with E-state index in [1.54, 1.807) is 0 Å². The Hall–Kier alpha value is 1.48. The van der Waals surface area contributed by atoms with Gasteiger partial charge in [0.2, 0.25) is 0 Å². The van der Waals surface area contributed by atoms with Gasteiger partial charge < -0.3 is 0 Å². The van der Waals surface area contributed by atoms with Crippen LogP contribution in [0.3, 0.4) is 0 Å². The van der Waals surface area contributed by atoms with Crippen molar-refractivity contribution in [2.24, 2.45) is 0 Å². The largest absolute Gasteiger partial charge is 2.00 e. The molecule has 0 atom stereocenters. The van der Waals surface area contributed by atoms with E-state index in [0.717, 1.165) is 34.0 Å². The molecule has 0 aromatic carbocycles. The minimum atomic E-state index is 0. The summed E-state index contributed by atoms with van der Waals surface area (Å²) in [6.45, 7) is 28.2. The third kappa shape index (κ3) is 12.6. The molecular weight excluding hydrogens is 379 g/mol. The van der Waals surface area contributed by atoms with E-state index in [9.17, 15) is 0 Å². The fourth-order valence-electron chi connectivity index (χ4n) is 3.58. The average molecular weight is 422 g/mol. The summed E-state index contributed by atoms with van der Waals surface area (Å²) >= 11 is 0. The molecule has 0 aromatic heterocycles. The molecule has 3 heteroatoms. The van der Waals surface area contributed by atoms with Crippen molar-refractivity contribution in [3.05, 3.63) is 0 Å². The average Bonchev–Trinajstić information content (AvgIpc) is 2.12. The summed E-state index contributed by atoms with van der Waals surface area (Å²) in [5.74, 6) is 0. The van der Waals surface area contributed by atoms with E-state index in [1.807, 2.05) is 0 Å². The molecule has 0 heterocycles. The Balaban J connectivity index is -0.000000295. The van der Waals surface area contributed by atoms with E-state index in [0.29, 0.717) is 0 Å². The Kier molecular flexibility index (Phi) is 18.1. The van der Waals surface area contributed by atoms with Crippen molar-refractivity contribution in [2.75, 3.05) is 0 Å². The van der Waals surface area contributed by atoms with E-state index in [1.165, 1.54) is 0 Å². The van der Waals surface area contributed by atoms with Crippen LogP contribution in [0.25, 0.3) is 0 Å². The fraction of sp³-hybridized carbons (Fsp3) is 1.00. The van der Waals surface area contributed by atoms with Gasteiger partial charge in [0.15, 0.2) is 0 Å². The molecule has 130 valence electrons. The third-order valence-electron chi connectivity index (χ3n) is 3.58. The molecule has 0 aliphatic carbocycles. The Morgan fingerprint density at radius 1 is 0.333 bits per heavy atom. The van der Waals surface area contributed by atoms with Gasteiger partial charge in [0.1, 0.15) is 0 Å². The van der Waals surface area contributed by atoms with Gasteiger partial charge in [-0.3, -0.25) is 0 Å². The van der Waals surface area contributed by atoms with Crippen LogP contribution >= 0.6 is 15.8 Å². The molecule has 0 aliphatic rings. The predicted molar refractivity (Wildman–Crippen MR) is 105 cm³/mol. The van der Waals surface area contributed by atoms with Gasteiger partial charge in [0.05, 0.1) is 0 Å². The SMILES string of the molecule is CC(C)P(C(C)C)C(C)C.CC(C)P(C(C)C)C(C)C.[Ru+2]. The maximum absolute atomic E-state index is 2.35. The first kappa shape index (κ1) is 27.3. The van der Waals surface area contributed by atoms with E-state index < -0.39 is 0 Å². The molecule has 0 saturated carbocycles. The summed E-state index contributed by atoms with van der Waals surface area (Å²) in [7, 11) is 0.525. The molecule has 0 amide bonds. The second-order valence-electron chi connectivity index (χ2n) is 7.46. The third-order valence-corrected chi connectivity index (χ3v) is 10.7. The van der Waals surface area contributed by atoms with E-state index in [2.05, 4.69) is 83.1 Å². The van der Waals surface area contributed by atoms with Crippen LogP contribution in [0.1, 0.15) is 83.1 Å². The number of rotatable bonds is 6. The molecule has 0 spiro atoms. The molecular formula is C18H42P2Ru+2. The zero-order valence-electron chi connectivity index (χ0n) is 16.7. The first-order valence-corrected chi connectivity index (χ1v) is 11.6. The van der Waals surface area contributed by atoms with Crippen molar-refractivity contribution in [3.8, 4) is 0 Å². The smallest absolute Gasteiger partial charge is 0.0988 e. The molecule has 0 saturated heterocycles. The van der Waals surface area contributed by atoms with Crippen LogP contribution in [0.5, 0.6) is 0 Å². The van der Waals surface area contributed by atoms with Crippen LogP contribution in [0.15, 0.2) is 0 Å². The Bertz CT molecular complexity index is 161. The summed E-state index contributed by atoms with van der Waals surface area (Å²) in [4.78, 5) is 0. The molecule has 21 heavy (non-hydrogen) atoms. The van der Waals surface area contributed by atoms with Crippen LogP contribution < -0.4 is 0 Å². The first-order chi connectivity index (χ1) is 8.93. The quantitative estimate of drug-likeness (QED) is 0.310. The standard InChI is InChI=1S/2C9H21P.Ru/c2*1-7(2)10(8(3)4)9(5)6;/h2*7-9H,1-6H3;/q;;+2. The minimum Gasteiger partial charge on any atom is -0.0988 e. The Labute approximate surface area is 152 Å². The molecule has 0 radical (unpaired) electrons. The van der Waals surface area contributed by atoms with Crippen LogP contribution in [0, 0.1) is 0 Å². The summed E-state index contributed by atoms with van der Waals surface area (Å²) < 4.78 is 0. The number of hydrogen-bond donors (Lipinski definition) is 0. The van der Waals surface area contributed by atoms with Crippen molar-refractivity contribution >= 4 is 15.8 Å². The van der Waals surface area contributed by atoms with E-state index >= 15 is 0 Å². The Morgan fingerprint density at radius 3 is 0.429 bits per heavy atom. The van der Waals surface area contributed by atoms with Gasteiger partial charge in [-0.2, -0.15) is 0 Å². The zero-order valence-corrected chi connectivity index (χ0v) is 20.2. The van der Waals surface area contributed by atoms with Crippen LogP contribution in [-0.2, 0) is 19.5 Å². The van der Waals surface area contributed by atoms with Crippen molar-refractivity contribution in [1.29, 1.82) is 0 Å². The van der Waals surface area contributed by atoms with Crippen LogP contribution in [0.4, 0.5) is 0 Å². The molecule has 0 fully saturated rings.